The Morgan fingerprint density at radius 1 is 1.23 bits per heavy atom. The Labute approximate surface area is 81.3 Å². The van der Waals surface area contributed by atoms with Crippen molar-refractivity contribution in [3.8, 4) is 0 Å². The van der Waals surface area contributed by atoms with Gasteiger partial charge in [-0.2, -0.15) is 0 Å². The van der Waals surface area contributed by atoms with Gasteiger partial charge in [-0.3, -0.25) is 4.79 Å². The number of hydrogen-bond donors (Lipinski definition) is 2. The van der Waals surface area contributed by atoms with Crippen LogP contribution in [0.15, 0.2) is 0 Å². The minimum Gasteiger partial charge on any atom is -0.355 e. The molecule has 3 heteroatoms. The first-order chi connectivity index (χ1) is 6.02. The lowest BCUT2D eigenvalue weighted by Gasteiger charge is -2.09. The van der Waals surface area contributed by atoms with Crippen LogP contribution >= 0.6 is 0 Å². The van der Waals surface area contributed by atoms with Crippen molar-refractivity contribution in [3.63, 3.8) is 0 Å². The second-order valence-electron chi connectivity index (χ2n) is 4.07. The van der Waals surface area contributed by atoms with Gasteiger partial charge in [0.2, 0.25) is 5.91 Å². The number of rotatable bonds is 6. The van der Waals surface area contributed by atoms with Crippen molar-refractivity contribution in [3.05, 3.63) is 0 Å². The summed E-state index contributed by atoms with van der Waals surface area (Å²) in [6.45, 7) is 9.58. The molecule has 0 saturated carbocycles. The Hall–Kier alpha value is -0.570. The second kappa shape index (κ2) is 6.89. The summed E-state index contributed by atoms with van der Waals surface area (Å²) in [4.78, 5) is 11.2. The van der Waals surface area contributed by atoms with Crippen molar-refractivity contribution in [2.45, 2.75) is 40.2 Å². The second-order valence-corrected chi connectivity index (χ2v) is 4.07. The van der Waals surface area contributed by atoms with Gasteiger partial charge in [0.25, 0.3) is 0 Å². The third-order valence-electron chi connectivity index (χ3n) is 1.71. The monoisotopic (exact) mass is 186 g/mol. The molecule has 0 unspecified atom stereocenters. The van der Waals surface area contributed by atoms with Crippen molar-refractivity contribution in [1.29, 1.82) is 0 Å². The highest BCUT2D eigenvalue weighted by atomic mass is 16.1. The van der Waals surface area contributed by atoms with E-state index in [1.807, 2.05) is 13.8 Å². The maximum absolute atomic E-state index is 11.2. The molecule has 0 spiro atoms. The van der Waals surface area contributed by atoms with Gasteiger partial charge in [0.15, 0.2) is 0 Å². The van der Waals surface area contributed by atoms with Crippen LogP contribution in [0, 0.1) is 5.92 Å². The van der Waals surface area contributed by atoms with Gasteiger partial charge in [-0.1, -0.05) is 27.7 Å². The number of carbonyl (C=O) groups is 1. The normalized spacial score (nSPS) is 10.9. The van der Waals surface area contributed by atoms with Crippen molar-refractivity contribution >= 4 is 5.91 Å². The number of amides is 1. The highest BCUT2D eigenvalue weighted by Gasteiger charge is 2.01. The van der Waals surface area contributed by atoms with Gasteiger partial charge in [-0.05, 0) is 12.3 Å². The van der Waals surface area contributed by atoms with E-state index in [0.29, 0.717) is 18.5 Å². The summed E-state index contributed by atoms with van der Waals surface area (Å²) in [5.74, 6) is 0.743. The van der Waals surface area contributed by atoms with Crippen LogP contribution in [0.1, 0.15) is 34.1 Å². The SMILES string of the molecule is CC(C)CCNC(=O)CNC(C)C. The maximum Gasteiger partial charge on any atom is 0.233 e. The number of hydrogen-bond acceptors (Lipinski definition) is 2. The van der Waals surface area contributed by atoms with Crippen molar-refractivity contribution < 1.29 is 4.79 Å². The van der Waals surface area contributed by atoms with E-state index in [0.717, 1.165) is 13.0 Å². The first-order valence-electron chi connectivity index (χ1n) is 5.02. The Bertz CT molecular complexity index is 144. The first kappa shape index (κ1) is 12.4. The molecule has 0 saturated heterocycles. The standard InChI is InChI=1S/C10H22N2O/c1-8(2)5-6-11-10(13)7-12-9(3)4/h8-9,12H,5-7H2,1-4H3,(H,11,13). The molecule has 3 nitrogen and oxygen atoms in total. The largest absolute Gasteiger partial charge is 0.355 e. The van der Waals surface area contributed by atoms with E-state index >= 15 is 0 Å². The molecule has 1 amide bonds. The van der Waals surface area contributed by atoms with E-state index in [-0.39, 0.29) is 5.91 Å². The summed E-state index contributed by atoms with van der Waals surface area (Å²) in [6, 6.07) is 0.371. The summed E-state index contributed by atoms with van der Waals surface area (Å²) >= 11 is 0. The molecule has 0 rings (SSSR count). The molecule has 13 heavy (non-hydrogen) atoms. The zero-order valence-electron chi connectivity index (χ0n) is 9.18. The third-order valence-corrected chi connectivity index (χ3v) is 1.71. The van der Waals surface area contributed by atoms with Gasteiger partial charge in [0.05, 0.1) is 6.54 Å². The lowest BCUT2D eigenvalue weighted by atomic mass is 10.1. The Balaban J connectivity index is 3.30. The summed E-state index contributed by atoms with van der Waals surface area (Å²) < 4.78 is 0. The third kappa shape index (κ3) is 9.34. The molecule has 0 aromatic carbocycles. The van der Waals surface area contributed by atoms with Crippen LogP contribution in [0.3, 0.4) is 0 Å². The highest BCUT2D eigenvalue weighted by Crippen LogP contribution is 1.95. The molecular formula is C10H22N2O. The summed E-state index contributed by atoms with van der Waals surface area (Å²) in [5, 5.41) is 5.94. The molecular weight excluding hydrogens is 164 g/mol. The van der Waals surface area contributed by atoms with Gasteiger partial charge >= 0.3 is 0 Å². The molecule has 0 bridgehead atoms. The number of carbonyl (C=O) groups excluding carboxylic acids is 1. The fraction of sp³-hybridized carbons (Fsp3) is 0.900. The molecule has 78 valence electrons. The van der Waals surface area contributed by atoms with Crippen molar-refractivity contribution in [2.75, 3.05) is 13.1 Å². The van der Waals surface area contributed by atoms with Crippen LogP contribution < -0.4 is 10.6 Å². The van der Waals surface area contributed by atoms with E-state index in [4.69, 9.17) is 0 Å². The fourth-order valence-corrected chi connectivity index (χ4v) is 0.860. The van der Waals surface area contributed by atoms with Crippen molar-refractivity contribution in [2.24, 2.45) is 5.92 Å². The Kier molecular flexibility index (Phi) is 6.59. The summed E-state index contributed by atoms with van der Waals surface area (Å²) in [6.07, 6.45) is 1.05. The minimum atomic E-state index is 0.0920. The average Bonchev–Trinajstić information content (AvgIpc) is 2.00. The zero-order chi connectivity index (χ0) is 10.3. The first-order valence-corrected chi connectivity index (χ1v) is 5.02. The van der Waals surface area contributed by atoms with Gasteiger partial charge < -0.3 is 10.6 Å². The van der Waals surface area contributed by atoms with Crippen LogP contribution in [0.25, 0.3) is 0 Å². The molecule has 0 aliphatic heterocycles. The number of nitrogens with one attached hydrogen (secondary N) is 2. The molecule has 2 N–H and O–H groups in total. The predicted octanol–water partition coefficient (Wildman–Crippen LogP) is 1.15. The smallest absolute Gasteiger partial charge is 0.233 e. The fourth-order valence-electron chi connectivity index (χ4n) is 0.860. The quantitative estimate of drug-likeness (QED) is 0.653. The molecule has 0 heterocycles. The van der Waals surface area contributed by atoms with Crippen LogP contribution in [0.4, 0.5) is 0 Å². The zero-order valence-corrected chi connectivity index (χ0v) is 9.18. The molecule has 0 aliphatic carbocycles. The van der Waals surface area contributed by atoms with Crippen LogP contribution in [-0.4, -0.2) is 25.0 Å². The van der Waals surface area contributed by atoms with Crippen LogP contribution in [0.2, 0.25) is 0 Å². The molecule has 0 aromatic heterocycles. The van der Waals surface area contributed by atoms with E-state index in [9.17, 15) is 4.79 Å². The maximum atomic E-state index is 11.2. The topological polar surface area (TPSA) is 41.1 Å². The van der Waals surface area contributed by atoms with Crippen LogP contribution in [0.5, 0.6) is 0 Å². The summed E-state index contributed by atoms with van der Waals surface area (Å²) in [5.41, 5.74) is 0. The molecule has 0 radical (unpaired) electrons. The molecule has 0 fully saturated rings. The lowest BCUT2D eigenvalue weighted by molar-refractivity contribution is -0.120. The van der Waals surface area contributed by atoms with Crippen LogP contribution in [-0.2, 0) is 4.79 Å². The average molecular weight is 186 g/mol. The molecule has 0 aromatic rings. The van der Waals surface area contributed by atoms with Crippen molar-refractivity contribution in [1.82, 2.24) is 10.6 Å². The van der Waals surface area contributed by atoms with Gasteiger partial charge in [0, 0.05) is 12.6 Å². The minimum absolute atomic E-state index is 0.0920. The van der Waals surface area contributed by atoms with E-state index < -0.39 is 0 Å². The van der Waals surface area contributed by atoms with Gasteiger partial charge in [-0.25, -0.2) is 0 Å². The predicted molar refractivity (Wildman–Crippen MR) is 55.6 cm³/mol. The summed E-state index contributed by atoms with van der Waals surface area (Å²) in [7, 11) is 0. The molecule has 0 aliphatic rings. The Morgan fingerprint density at radius 3 is 2.31 bits per heavy atom. The highest BCUT2D eigenvalue weighted by molar-refractivity contribution is 5.77. The van der Waals surface area contributed by atoms with E-state index in [1.54, 1.807) is 0 Å². The Morgan fingerprint density at radius 2 is 1.85 bits per heavy atom. The van der Waals surface area contributed by atoms with Gasteiger partial charge in [-0.15, -0.1) is 0 Å². The molecule has 0 atom stereocenters. The van der Waals surface area contributed by atoms with E-state index in [1.165, 1.54) is 0 Å². The van der Waals surface area contributed by atoms with Gasteiger partial charge in [0.1, 0.15) is 0 Å². The lowest BCUT2D eigenvalue weighted by Crippen LogP contribution is -2.37. The van der Waals surface area contributed by atoms with E-state index in [2.05, 4.69) is 24.5 Å².